The lowest BCUT2D eigenvalue weighted by Crippen LogP contribution is -2.17. The SMILES string of the molecule is CC(C)C(O)Cc1nc(-c2cncs2)no1. The zero-order valence-corrected chi connectivity index (χ0v) is 9.94. The van der Waals surface area contributed by atoms with E-state index in [0.717, 1.165) is 4.88 Å². The van der Waals surface area contributed by atoms with Crippen LogP contribution in [0.25, 0.3) is 10.7 Å². The Morgan fingerprint density at radius 2 is 2.31 bits per heavy atom. The van der Waals surface area contributed by atoms with Crippen LogP contribution >= 0.6 is 11.3 Å². The Balaban J connectivity index is 2.08. The summed E-state index contributed by atoms with van der Waals surface area (Å²) in [4.78, 5) is 9.02. The Morgan fingerprint density at radius 1 is 1.50 bits per heavy atom. The first-order valence-electron chi connectivity index (χ1n) is 5.06. The second-order valence-corrected chi connectivity index (χ2v) is 4.78. The quantitative estimate of drug-likeness (QED) is 0.880. The minimum absolute atomic E-state index is 0.179. The van der Waals surface area contributed by atoms with Gasteiger partial charge in [0.05, 0.1) is 22.9 Å². The predicted octanol–water partition coefficient (Wildman–Crippen LogP) is 1.75. The number of aromatic nitrogens is 3. The first-order chi connectivity index (χ1) is 7.66. The van der Waals surface area contributed by atoms with Crippen molar-refractivity contribution in [2.45, 2.75) is 26.4 Å². The number of thiazole rings is 1. The van der Waals surface area contributed by atoms with E-state index in [1.807, 2.05) is 13.8 Å². The Morgan fingerprint density at radius 3 is 2.94 bits per heavy atom. The van der Waals surface area contributed by atoms with Crippen molar-refractivity contribution in [3.05, 3.63) is 17.6 Å². The van der Waals surface area contributed by atoms with E-state index in [1.165, 1.54) is 11.3 Å². The molecule has 86 valence electrons. The molecule has 0 spiro atoms. The van der Waals surface area contributed by atoms with Crippen LogP contribution in [0.3, 0.4) is 0 Å². The summed E-state index contributed by atoms with van der Waals surface area (Å²) in [5.41, 5.74) is 1.72. The molecule has 0 saturated heterocycles. The van der Waals surface area contributed by atoms with Gasteiger partial charge in [-0.1, -0.05) is 19.0 Å². The van der Waals surface area contributed by atoms with E-state index >= 15 is 0 Å². The lowest BCUT2D eigenvalue weighted by molar-refractivity contribution is 0.116. The summed E-state index contributed by atoms with van der Waals surface area (Å²) >= 11 is 1.46. The Labute approximate surface area is 97.2 Å². The average molecular weight is 239 g/mol. The number of nitrogens with zero attached hydrogens (tertiary/aromatic N) is 3. The summed E-state index contributed by atoms with van der Waals surface area (Å²) in [5.74, 6) is 1.18. The van der Waals surface area contributed by atoms with E-state index in [4.69, 9.17) is 4.52 Å². The molecule has 5 nitrogen and oxygen atoms in total. The molecule has 2 heterocycles. The third-order valence-corrected chi connectivity index (χ3v) is 3.04. The first-order valence-corrected chi connectivity index (χ1v) is 5.94. The molecular weight excluding hydrogens is 226 g/mol. The van der Waals surface area contributed by atoms with Crippen molar-refractivity contribution in [3.63, 3.8) is 0 Å². The van der Waals surface area contributed by atoms with Crippen LogP contribution in [-0.2, 0) is 6.42 Å². The highest BCUT2D eigenvalue weighted by Gasteiger charge is 2.16. The zero-order valence-electron chi connectivity index (χ0n) is 9.12. The van der Waals surface area contributed by atoms with Gasteiger partial charge in [-0.2, -0.15) is 4.98 Å². The summed E-state index contributed by atoms with van der Waals surface area (Å²) in [5, 5.41) is 13.5. The smallest absolute Gasteiger partial charge is 0.229 e. The highest BCUT2D eigenvalue weighted by atomic mass is 32.1. The lowest BCUT2D eigenvalue weighted by atomic mass is 10.0. The van der Waals surface area contributed by atoms with Crippen LogP contribution in [0.1, 0.15) is 19.7 Å². The maximum atomic E-state index is 9.68. The summed E-state index contributed by atoms with van der Waals surface area (Å²) in [6.07, 6.45) is 1.64. The highest BCUT2D eigenvalue weighted by Crippen LogP contribution is 2.20. The number of hydrogen-bond donors (Lipinski definition) is 1. The molecule has 0 aliphatic carbocycles. The van der Waals surface area contributed by atoms with E-state index in [9.17, 15) is 5.11 Å². The molecule has 1 atom stereocenters. The standard InChI is InChI=1S/C10H13N3O2S/c1-6(2)7(14)3-9-12-10(13-15-9)8-4-11-5-16-8/h4-7,14H,3H2,1-2H3. The third kappa shape index (κ3) is 2.45. The van der Waals surface area contributed by atoms with Crippen molar-refractivity contribution in [2.75, 3.05) is 0 Å². The van der Waals surface area contributed by atoms with Gasteiger partial charge in [0.25, 0.3) is 0 Å². The van der Waals surface area contributed by atoms with E-state index in [2.05, 4.69) is 15.1 Å². The topological polar surface area (TPSA) is 72.0 Å². The van der Waals surface area contributed by atoms with Gasteiger partial charge in [0.15, 0.2) is 0 Å². The molecule has 0 bridgehead atoms. The first kappa shape index (κ1) is 11.2. The van der Waals surface area contributed by atoms with Gasteiger partial charge < -0.3 is 9.63 Å². The van der Waals surface area contributed by atoms with Gasteiger partial charge in [0.2, 0.25) is 11.7 Å². The Bertz CT molecular complexity index is 439. The average Bonchev–Trinajstić information content (AvgIpc) is 2.85. The second-order valence-electron chi connectivity index (χ2n) is 3.89. The molecule has 6 heteroatoms. The molecular formula is C10H13N3O2S. The maximum absolute atomic E-state index is 9.68. The van der Waals surface area contributed by atoms with Crippen LogP contribution in [0.15, 0.2) is 16.2 Å². The summed E-state index contributed by atoms with van der Waals surface area (Å²) < 4.78 is 5.07. The van der Waals surface area contributed by atoms with Crippen LogP contribution < -0.4 is 0 Å². The van der Waals surface area contributed by atoms with Crippen LogP contribution in [0.2, 0.25) is 0 Å². The monoisotopic (exact) mass is 239 g/mol. The fourth-order valence-corrected chi connectivity index (χ4v) is 1.72. The van der Waals surface area contributed by atoms with Crippen molar-refractivity contribution in [2.24, 2.45) is 5.92 Å². The van der Waals surface area contributed by atoms with Gasteiger partial charge in [-0.05, 0) is 5.92 Å². The molecule has 0 aromatic carbocycles. The van der Waals surface area contributed by atoms with Crippen molar-refractivity contribution >= 4 is 11.3 Å². The van der Waals surface area contributed by atoms with Gasteiger partial charge >= 0.3 is 0 Å². The van der Waals surface area contributed by atoms with Gasteiger partial charge in [0, 0.05) is 6.20 Å². The van der Waals surface area contributed by atoms with E-state index in [1.54, 1.807) is 11.7 Å². The van der Waals surface area contributed by atoms with Gasteiger partial charge in [-0.25, -0.2) is 0 Å². The fourth-order valence-electron chi connectivity index (χ4n) is 1.18. The van der Waals surface area contributed by atoms with E-state index in [-0.39, 0.29) is 5.92 Å². The maximum Gasteiger partial charge on any atom is 0.229 e. The van der Waals surface area contributed by atoms with E-state index < -0.39 is 6.10 Å². The Kier molecular flexibility index (Phi) is 3.31. The van der Waals surface area contributed by atoms with Crippen molar-refractivity contribution in [3.8, 4) is 10.7 Å². The van der Waals surface area contributed by atoms with Gasteiger partial charge in [0.1, 0.15) is 0 Å². The molecule has 2 aromatic heterocycles. The molecule has 0 amide bonds. The summed E-state index contributed by atoms with van der Waals surface area (Å²) in [6.45, 7) is 3.90. The van der Waals surface area contributed by atoms with E-state index in [0.29, 0.717) is 18.1 Å². The largest absolute Gasteiger partial charge is 0.392 e. The second kappa shape index (κ2) is 4.71. The fraction of sp³-hybridized carbons (Fsp3) is 0.500. The lowest BCUT2D eigenvalue weighted by Gasteiger charge is -2.10. The molecule has 2 aromatic rings. The molecule has 0 radical (unpaired) electrons. The van der Waals surface area contributed by atoms with Crippen LogP contribution in [0, 0.1) is 5.92 Å². The van der Waals surface area contributed by atoms with Gasteiger partial charge in [-0.15, -0.1) is 11.3 Å². The van der Waals surface area contributed by atoms with Crippen molar-refractivity contribution in [1.29, 1.82) is 0 Å². The number of hydrogen-bond acceptors (Lipinski definition) is 6. The van der Waals surface area contributed by atoms with Crippen molar-refractivity contribution in [1.82, 2.24) is 15.1 Å². The van der Waals surface area contributed by atoms with Crippen molar-refractivity contribution < 1.29 is 9.63 Å². The predicted molar refractivity (Wildman–Crippen MR) is 60.0 cm³/mol. The normalized spacial score (nSPS) is 13.2. The summed E-state index contributed by atoms with van der Waals surface area (Å²) in [6, 6.07) is 0. The molecule has 0 fully saturated rings. The van der Waals surface area contributed by atoms with Crippen LogP contribution in [-0.4, -0.2) is 26.3 Å². The minimum atomic E-state index is -0.449. The summed E-state index contributed by atoms with van der Waals surface area (Å²) in [7, 11) is 0. The highest BCUT2D eigenvalue weighted by molar-refractivity contribution is 7.13. The molecule has 1 N–H and O–H groups in total. The number of aliphatic hydroxyl groups is 1. The Hall–Kier alpha value is -1.27. The number of rotatable bonds is 4. The van der Waals surface area contributed by atoms with Crippen LogP contribution in [0.5, 0.6) is 0 Å². The molecule has 2 rings (SSSR count). The van der Waals surface area contributed by atoms with Gasteiger partial charge in [-0.3, -0.25) is 4.98 Å². The molecule has 0 saturated carbocycles. The third-order valence-electron chi connectivity index (χ3n) is 2.27. The molecule has 0 aliphatic rings. The number of aliphatic hydroxyl groups excluding tert-OH is 1. The zero-order chi connectivity index (χ0) is 11.5. The van der Waals surface area contributed by atoms with Crippen LogP contribution in [0.4, 0.5) is 0 Å². The molecule has 0 aliphatic heterocycles. The molecule has 16 heavy (non-hydrogen) atoms. The minimum Gasteiger partial charge on any atom is -0.392 e. The molecule has 1 unspecified atom stereocenters.